The lowest BCUT2D eigenvalue weighted by molar-refractivity contribution is -0.124. The van der Waals surface area contributed by atoms with Crippen LogP contribution in [0, 0.1) is 0 Å². The van der Waals surface area contributed by atoms with E-state index in [2.05, 4.69) is 31.3 Å². The summed E-state index contributed by atoms with van der Waals surface area (Å²) in [6.07, 6.45) is 75.4. The number of hydrogen-bond acceptors (Lipinski definition) is 4. The monoisotopic (exact) mass is 974 g/mol. The molecule has 0 aliphatic carbocycles. The average Bonchev–Trinajstić information content (AvgIpc) is 3.35. The minimum atomic E-state index is -1.13. The molecule has 4 N–H and O–H groups in total. The summed E-state index contributed by atoms with van der Waals surface area (Å²) in [7, 11) is 0. The molecule has 0 saturated carbocycles. The molecule has 69 heavy (non-hydrogen) atoms. The molecular formula is C64H127NO4. The van der Waals surface area contributed by atoms with Crippen LogP contribution in [-0.2, 0) is 4.79 Å². The predicted molar refractivity (Wildman–Crippen MR) is 305 cm³/mol. The van der Waals surface area contributed by atoms with Crippen LogP contribution in [0.5, 0.6) is 0 Å². The number of amides is 1. The van der Waals surface area contributed by atoms with Crippen LogP contribution in [0.25, 0.3) is 0 Å². The molecule has 0 spiro atoms. The molecule has 0 aromatic rings. The van der Waals surface area contributed by atoms with Gasteiger partial charge >= 0.3 is 0 Å². The minimum absolute atomic E-state index is 0.136. The highest BCUT2D eigenvalue weighted by atomic mass is 16.3. The van der Waals surface area contributed by atoms with Gasteiger partial charge in [-0.25, -0.2) is 0 Å². The molecule has 0 bridgehead atoms. The van der Waals surface area contributed by atoms with Gasteiger partial charge in [0.15, 0.2) is 0 Å². The number of aliphatic hydroxyl groups excluding tert-OH is 3. The molecule has 5 heteroatoms. The Morgan fingerprint density at radius 1 is 0.348 bits per heavy atom. The van der Waals surface area contributed by atoms with Gasteiger partial charge in [-0.2, -0.15) is 0 Å². The predicted octanol–water partition coefficient (Wildman–Crippen LogP) is 20.2. The molecule has 0 saturated heterocycles. The second-order valence-electron chi connectivity index (χ2n) is 22.3. The number of unbranched alkanes of at least 4 members (excludes halogenated alkanes) is 50. The van der Waals surface area contributed by atoms with Crippen molar-refractivity contribution in [1.82, 2.24) is 5.32 Å². The Morgan fingerprint density at radius 2 is 0.580 bits per heavy atom. The molecule has 0 fully saturated rings. The van der Waals surface area contributed by atoms with Gasteiger partial charge in [-0.15, -0.1) is 0 Å². The zero-order chi connectivity index (χ0) is 50.0. The summed E-state index contributed by atoms with van der Waals surface area (Å²) < 4.78 is 0. The first-order valence-corrected chi connectivity index (χ1v) is 32.0. The molecule has 0 aromatic heterocycles. The molecule has 1 amide bonds. The summed E-state index contributed by atoms with van der Waals surface area (Å²) in [6.45, 7) is 4.23. The van der Waals surface area contributed by atoms with Crippen LogP contribution >= 0.6 is 0 Å². The van der Waals surface area contributed by atoms with Crippen molar-refractivity contribution in [1.29, 1.82) is 0 Å². The van der Waals surface area contributed by atoms with Crippen molar-refractivity contribution >= 4 is 5.91 Å². The Morgan fingerprint density at radius 3 is 0.841 bits per heavy atom. The second kappa shape index (κ2) is 59.7. The van der Waals surface area contributed by atoms with E-state index in [1.165, 1.54) is 308 Å². The van der Waals surface area contributed by atoms with Gasteiger partial charge < -0.3 is 20.6 Å². The fourth-order valence-electron chi connectivity index (χ4n) is 10.5. The van der Waals surface area contributed by atoms with Crippen LogP contribution in [-0.4, -0.2) is 46.1 Å². The van der Waals surface area contributed by atoms with Crippen molar-refractivity contribution < 1.29 is 20.1 Å². The van der Waals surface area contributed by atoms with Crippen molar-refractivity contribution in [3.63, 3.8) is 0 Å². The molecule has 3 unspecified atom stereocenters. The summed E-state index contributed by atoms with van der Waals surface area (Å²) >= 11 is 0. The van der Waals surface area contributed by atoms with Gasteiger partial charge in [-0.3, -0.25) is 4.79 Å². The molecule has 0 aliphatic rings. The van der Waals surface area contributed by atoms with Gasteiger partial charge in [0, 0.05) is 6.42 Å². The molecule has 412 valence electrons. The Balaban J connectivity index is 3.46. The number of hydrogen-bond donors (Lipinski definition) is 4. The Bertz CT molecular complexity index is 987. The quantitative estimate of drug-likeness (QED) is 0.0361. The first-order valence-electron chi connectivity index (χ1n) is 32.0. The highest BCUT2D eigenvalue weighted by Crippen LogP contribution is 2.19. The first-order chi connectivity index (χ1) is 34.1. The number of aliphatic hydroxyl groups is 3. The third-order valence-electron chi connectivity index (χ3n) is 15.4. The second-order valence-corrected chi connectivity index (χ2v) is 22.3. The summed E-state index contributed by atoms with van der Waals surface area (Å²) in [4.78, 5) is 12.6. The van der Waals surface area contributed by atoms with E-state index in [0.29, 0.717) is 12.8 Å². The maximum absolute atomic E-state index is 12.6. The largest absolute Gasteiger partial charge is 0.394 e. The summed E-state index contributed by atoms with van der Waals surface area (Å²) in [5.74, 6) is -0.136. The third kappa shape index (κ3) is 54.7. The SMILES string of the molecule is CCCCCCCCCCCCCC/C=C\CCCCCCCCCCCCCCCCCCCC(=O)NC(CO)C(O)C(O)CCCCCCCCCCCCCCCCCCCCCCCC. The lowest BCUT2D eigenvalue weighted by Crippen LogP contribution is -2.50. The first kappa shape index (κ1) is 68.1. The average molecular weight is 975 g/mol. The van der Waals surface area contributed by atoms with E-state index in [0.717, 1.165) is 32.1 Å². The van der Waals surface area contributed by atoms with Crippen LogP contribution in [0.1, 0.15) is 367 Å². The Hall–Kier alpha value is -0.910. The van der Waals surface area contributed by atoms with Gasteiger partial charge in [0.2, 0.25) is 5.91 Å². The van der Waals surface area contributed by atoms with Crippen molar-refractivity contribution in [3.8, 4) is 0 Å². The number of rotatable bonds is 60. The van der Waals surface area contributed by atoms with Crippen molar-refractivity contribution in [2.24, 2.45) is 0 Å². The summed E-state index contributed by atoms with van der Waals surface area (Å²) in [6, 6.07) is -0.807. The number of nitrogens with one attached hydrogen (secondary N) is 1. The van der Waals surface area contributed by atoms with Crippen molar-refractivity contribution in [2.75, 3.05) is 6.61 Å². The normalized spacial score (nSPS) is 13.2. The summed E-state index contributed by atoms with van der Waals surface area (Å²) in [5, 5.41) is 33.9. The van der Waals surface area contributed by atoms with Crippen molar-refractivity contribution in [3.05, 3.63) is 12.2 Å². The highest BCUT2D eigenvalue weighted by molar-refractivity contribution is 5.76. The molecule has 5 nitrogen and oxygen atoms in total. The van der Waals surface area contributed by atoms with Gasteiger partial charge in [0.05, 0.1) is 18.8 Å². The topological polar surface area (TPSA) is 89.8 Å². The van der Waals surface area contributed by atoms with Crippen LogP contribution in [0.2, 0.25) is 0 Å². The van der Waals surface area contributed by atoms with Crippen molar-refractivity contribution in [2.45, 2.75) is 385 Å². The smallest absolute Gasteiger partial charge is 0.220 e. The molecule has 0 heterocycles. The zero-order valence-electron chi connectivity index (χ0n) is 47.2. The van der Waals surface area contributed by atoms with E-state index in [1.54, 1.807) is 0 Å². The highest BCUT2D eigenvalue weighted by Gasteiger charge is 2.26. The molecule has 0 rings (SSSR count). The van der Waals surface area contributed by atoms with Gasteiger partial charge in [-0.05, 0) is 38.5 Å². The maximum atomic E-state index is 12.6. The molecule has 0 radical (unpaired) electrons. The fraction of sp³-hybridized carbons (Fsp3) is 0.953. The Kier molecular flexibility index (Phi) is 58.9. The van der Waals surface area contributed by atoms with Gasteiger partial charge in [0.25, 0.3) is 0 Å². The maximum Gasteiger partial charge on any atom is 0.220 e. The van der Waals surface area contributed by atoms with E-state index >= 15 is 0 Å². The lowest BCUT2D eigenvalue weighted by Gasteiger charge is -2.26. The fourth-order valence-corrected chi connectivity index (χ4v) is 10.5. The number of allylic oxidation sites excluding steroid dienone is 2. The number of carbonyl (C=O) groups excluding carboxylic acids is 1. The minimum Gasteiger partial charge on any atom is -0.394 e. The van der Waals surface area contributed by atoms with Gasteiger partial charge in [-0.1, -0.05) is 334 Å². The summed E-state index contributed by atoms with van der Waals surface area (Å²) in [5.41, 5.74) is 0. The van der Waals surface area contributed by atoms with Crippen LogP contribution in [0.3, 0.4) is 0 Å². The van der Waals surface area contributed by atoms with Crippen LogP contribution in [0.4, 0.5) is 0 Å². The van der Waals surface area contributed by atoms with E-state index in [9.17, 15) is 20.1 Å². The van der Waals surface area contributed by atoms with E-state index in [4.69, 9.17) is 0 Å². The number of carbonyl (C=O) groups is 1. The molecule has 3 atom stereocenters. The lowest BCUT2D eigenvalue weighted by atomic mass is 9.99. The van der Waals surface area contributed by atoms with E-state index in [1.807, 2.05) is 0 Å². The third-order valence-corrected chi connectivity index (χ3v) is 15.4. The Labute approximate surface area is 433 Å². The molecule has 0 aromatic carbocycles. The standard InChI is InChI=1S/C64H127NO4/c1-3-5-7-9-11-13-15-17-19-21-23-25-27-28-29-30-31-32-33-34-35-36-37-39-41-43-45-47-49-51-53-55-57-59-63(68)65-61(60-66)64(69)62(67)58-56-54-52-50-48-46-44-42-40-38-26-24-22-20-18-16-14-12-10-8-6-4-2/h28-29,61-62,64,66-67,69H,3-27,30-60H2,1-2H3,(H,65,68)/b29-28-. The molecule has 0 aliphatic heterocycles. The van der Waals surface area contributed by atoms with E-state index in [-0.39, 0.29) is 12.5 Å². The van der Waals surface area contributed by atoms with E-state index < -0.39 is 18.2 Å². The molecular weight excluding hydrogens is 847 g/mol. The zero-order valence-corrected chi connectivity index (χ0v) is 47.2. The van der Waals surface area contributed by atoms with Crippen LogP contribution in [0.15, 0.2) is 12.2 Å². The van der Waals surface area contributed by atoms with Gasteiger partial charge in [0.1, 0.15) is 6.10 Å². The van der Waals surface area contributed by atoms with Crippen LogP contribution < -0.4 is 5.32 Å².